The van der Waals surface area contributed by atoms with Gasteiger partial charge in [-0.25, -0.2) is 4.98 Å². The van der Waals surface area contributed by atoms with Crippen molar-refractivity contribution >= 4 is 17.7 Å². The first kappa shape index (κ1) is 15.8. The van der Waals surface area contributed by atoms with Gasteiger partial charge in [-0.15, -0.1) is 0 Å². The van der Waals surface area contributed by atoms with Gasteiger partial charge in [0.25, 0.3) is 5.56 Å². The first-order valence-electron chi connectivity index (χ1n) is 7.37. The van der Waals surface area contributed by atoms with Gasteiger partial charge in [0.2, 0.25) is 5.91 Å². The molecular weight excluding hydrogens is 314 g/mol. The second kappa shape index (κ2) is 7.43. The first-order chi connectivity index (χ1) is 11.2. The predicted octanol–water partition coefficient (Wildman–Crippen LogP) is 1.46. The Morgan fingerprint density at radius 3 is 2.65 bits per heavy atom. The Bertz CT molecular complexity index is 714. The maximum absolute atomic E-state index is 12.9. The molecule has 1 aromatic heterocycles. The molecule has 3 rings (SSSR count). The zero-order valence-corrected chi connectivity index (χ0v) is 13.3. The maximum atomic E-state index is 12.9. The fourth-order valence-electron chi connectivity index (χ4n) is 2.36. The highest BCUT2D eigenvalue weighted by Crippen LogP contribution is 2.34. The molecule has 0 aliphatic carbocycles. The van der Waals surface area contributed by atoms with Gasteiger partial charge in [-0.2, -0.15) is 0 Å². The Labute approximate surface area is 137 Å². The van der Waals surface area contributed by atoms with Crippen LogP contribution in [0.1, 0.15) is 10.8 Å². The molecule has 1 atom stereocenters. The molecule has 1 fully saturated rings. The third-order valence-corrected chi connectivity index (χ3v) is 4.67. The van der Waals surface area contributed by atoms with Crippen molar-refractivity contribution in [1.82, 2.24) is 14.9 Å². The molecule has 23 heavy (non-hydrogen) atoms. The number of morpholine rings is 1. The normalized spacial score (nSPS) is 16.1. The SMILES string of the molecule is O=C([C@H](Sc1nccc(=O)[nH]1)c1ccccc1)N1CCOCC1. The van der Waals surface area contributed by atoms with E-state index in [2.05, 4.69) is 9.97 Å². The molecule has 0 spiro atoms. The second-order valence-corrected chi connectivity index (χ2v) is 6.18. The van der Waals surface area contributed by atoms with Gasteiger partial charge in [-0.1, -0.05) is 42.1 Å². The van der Waals surface area contributed by atoms with Gasteiger partial charge in [-0.3, -0.25) is 9.59 Å². The average molecular weight is 331 g/mol. The highest BCUT2D eigenvalue weighted by molar-refractivity contribution is 8.00. The topological polar surface area (TPSA) is 75.3 Å². The van der Waals surface area contributed by atoms with E-state index in [0.29, 0.717) is 31.5 Å². The number of benzene rings is 1. The van der Waals surface area contributed by atoms with Crippen LogP contribution >= 0.6 is 11.8 Å². The van der Waals surface area contributed by atoms with Crippen LogP contribution in [0.2, 0.25) is 0 Å². The minimum Gasteiger partial charge on any atom is -0.378 e. The third-order valence-electron chi connectivity index (χ3n) is 3.53. The number of aromatic amines is 1. The van der Waals surface area contributed by atoms with Gasteiger partial charge in [0.1, 0.15) is 5.25 Å². The fourth-order valence-corrected chi connectivity index (χ4v) is 3.41. The van der Waals surface area contributed by atoms with E-state index in [9.17, 15) is 9.59 Å². The van der Waals surface area contributed by atoms with Crippen molar-refractivity contribution in [3.63, 3.8) is 0 Å². The average Bonchev–Trinajstić information content (AvgIpc) is 2.61. The van der Waals surface area contributed by atoms with Crippen LogP contribution in [0.3, 0.4) is 0 Å². The van der Waals surface area contributed by atoms with Crippen LogP contribution < -0.4 is 5.56 Å². The molecule has 120 valence electrons. The summed E-state index contributed by atoms with van der Waals surface area (Å²) in [5, 5.41) is -0.00666. The lowest BCUT2D eigenvalue weighted by Gasteiger charge is -2.30. The Balaban J connectivity index is 1.87. The summed E-state index contributed by atoms with van der Waals surface area (Å²) in [5.41, 5.74) is 0.661. The van der Waals surface area contributed by atoms with Crippen LogP contribution in [0, 0.1) is 0 Å². The minimum absolute atomic E-state index is 0.0102. The minimum atomic E-state index is -0.445. The predicted molar refractivity (Wildman–Crippen MR) is 87.3 cm³/mol. The highest BCUT2D eigenvalue weighted by atomic mass is 32.2. The number of thioether (sulfide) groups is 1. The largest absolute Gasteiger partial charge is 0.378 e. The Morgan fingerprint density at radius 2 is 1.96 bits per heavy atom. The first-order valence-corrected chi connectivity index (χ1v) is 8.25. The molecule has 0 saturated carbocycles. The number of amides is 1. The Hall–Kier alpha value is -2.12. The standard InChI is InChI=1S/C16H17N3O3S/c20-13-6-7-17-16(18-13)23-14(12-4-2-1-3-5-12)15(21)19-8-10-22-11-9-19/h1-7,14H,8-11H2,(H,17,18,20)/t14-/m1/s1. The summed E-state index contributed by atoms with van der Waals surface area (Å²) in [5.74, 6) is 0.0102. The van der Waals surface area contributed by atoms with Crippen molar-refractivity contribution in [1.29, 1.82) is 0 Å². The van der Waals surface area contributed by atoms with Crippen LogP contribution in [0.15, 0.2) is 52.5 Å². The number of nitrogens with one attached hydrogen (secondary N) is 1. The van der Waals surface area contributed by atoms with Crippen LogP contribution in [0.25, 0.3) is 0 Å². The van der Waals surface area contributed by atoms with Crippen LogP contribution in [0.5, 0.6) is 0 Å². The lowest BCUT2D eigenvalue weighted by atomic mass is 10.1. The fraction of sp³-hybridized carbons (Fsp3) is 0.312. The number of ether oxygens (including phenoxy) is 1. The zero-order valence-electron chi connectivity index (χ0n) is 12.5. The van der Waals surface area contributed by atoms with Gasteiger partial charge in [0, 0.05) is 25.4 Å². The molecule has 0 radical (unpaired) electrons. The van der Waals surface area contributed by atoms with E-state index in [1.54, 1.807) is 4.90 Å². The molecule has 1 N–H and O–H groups in total. The molecule has 2 heterocycles. The second-order valence-electron chi connectivity index (χ2n) is 5.09. The number of H-pyrrole nitrogens is 1. The molecular formula is C16H17N3O3S. The molecule has 6 nitrogen and oxygen atoms in total. The van der Waals surface area contributed by atoms with Crippen molar-refractivity contribution in [3.05, 3.63) is 58.5 Å². The van der Waals surface area contributed by atoms with Crippen LogP contribution in [0.4, 0.5) is 0 Å². The number of hydrogen-bond acceptors (Lipinski definition) is 5. The molecule has 1 saturated heterocycles. The van der Waals surface area contributed by atoms with E-state index in [1.165, 1.54) is 24.0 Å². The highest BCUT2D eigenvalue weighted by Gasteiger charge is 2.28. The summed E-state index contributed by atoms with van der Waals surface area (Å²) in [7, 11) is 0. The van der Waals surface area contributed by atoms with Crippen molar-refractivity contribution in [2.75, 3.05) is 26.3 Å². The van der Waals surface area contributed by atoms with Crippen molar-refractivity contribution in [3.8, 4) is 0 Å². The molecule has 0 unspecified atom stereocenters. The van der Waals surface area contributed by atoms with E-state index < -0.39 is 5.25 Å². The molecule has 1 amide bonds. The molecule has 1 aromatic carbocycles. The van der Waals surface area contributed by atoms with Gasteiger partial charge in [0.15, 0.2) is 5.16 Å². The van der Waals surface area contributed by atoms with E-state index >= 15 is 0 Å². The summed E-state index contributed by atoms with van der Waals surface area (Å²) >= 11 is 1.26. The Kier molecular flexibility index (Phi) is 5.09. The summed E-state index contributed by atoms with van der Waals surface area (Å²) in [6.45, 7) is 2.28. The van der Waals surface area contributed by atoms with Crippen molar-refractivity contribution in [2.45, 2.75) is 10.4 Å². The van der Waals surface area contributed by atoms with E-state index in [0.717, 1.165) is 5.56 Å². The molecule has 1 aliphatic rings. The van der Waals surface area contributed by atoms with Gasteiger partial charge in [-0.05, 0) is 5.56 Å². The van der Waals surface area contributed by atoms with E-state index in [-0.39, 0.29) is 11.5 Å². The van der Waals surface area contributed by atoms with Crippen molar-refractivity contribution < 1.29 is 9.53 Å². The zero-order chi connectivity index (χ0) is 16.1. The number of nitrogens with zero attached hydrogens (tertiary/aromatic N) is 2. The van der Waals surface area contributed by atoms with Crippen molar-refractivity contribution in [2.24, 2.45) is 0 Å². The van der Waals surface area contributed by atoms with E-state index in [4.69, 9.17) is 4.74 Å². The Morgan fingerprint density at radius 1 is 1.22 bits per heavy atom. The third kappa shape index (κ3) is 4.00. The number of carbonyl (C=O) groups is 1. The summed E-state index contributed by atoms with van der Waals surface area (Å²) in [6.07, 6.45) is 1.45. The smallest absolute Gasteiger partial charge is 0.251 e. The summed E-state index contributed by atoms with van der Waals surface area (Å²) in [6, 6.07) is 10.9. The maximum Gasteiger partial charge on any atom is 0.251 e. The number of carbonyl (C=O) groups excluding carboxylic acids is 1. The van der Waals surface area contributed by atoms with Crippen LogP contribution in [-0.4, -0.2) is 47.1 Å². The molecule has 0 bridgehead atoms. The van der Waals surface area contributed by atoms with Gasteiger partial charge >= 0.3 is 0 Å². The molecule has 2 aromatic rings. The number of aromatic nitrogens is 2. The van der Waals surface area contributed by atoms with Crippen LogP contribution in [-0.2, 0) is 9.53 Å². The van der Waals surface area contributed by atoms with Gasteiger partial charge < -0.3 is 14.6 Å². The summed E-state index contributed by atoms with van der Waals surface area (Å²) < 4.78 is 5.31. The monoisotopic (exact) mass is 331 g/mol. The summed E-state index contributed by atoms with van der Waals surface area (Å²) in [4.78, 5) is 33.0. The van der Waals surface area contributed by atoms with E-state index in [1.807, 2.05) is 30.3 Å². The quantitative estimate of drug-likeness (QED) is 0.678. The lowest BCUT2D eigenvalue weighted by molar-refractivity contribution is -0.134. The molecule has 1 aliphatic heterocycles. The lowest BCUT2D eigenvalue weighted by Crippen LogP contribution is -2.42. The van der Waals surface area contributed by atoms with Gasteiger partial charge in [0.05, 0.1) is 13.2 Å². The number of hydrogen-bond donors (Lipinski definition) is 1. The number of rotatable bonds is 4. The molecule has 7 heteroatoms.